The highest BCUT2D eigenvalue weighted by Crippen LogP contribution is 2.12. The molecule has 7 nitrogen and oxygen atoms in total. The summed E-state index contributed by atoms with van der Waals surface area (Å²) in [5.41, 5.74) is 6.25. The molecule has 0 saturated carbocycles. The van der Waals surface area contributed by atoms with Crippen LogP contribution < -0.4 is 21.3 Å². The number of nitrogens with two attached hydrogens (primary N) is 1. The molecule has 0 radical (unpaired) electrons. The van der Waals surface area contributed by atoms with Gasteiger partial charge in [0.15, 0.2) is 5.82 Å². The quantitative estimate of drug-likeness (QED) is 0.720. The Kier molecular flexibility index (Phi) is 3.42. The summed E-state index contributed by atoms with van der Waals surface area (Å²) in [6.07, 6.45) is 2.94. The summed E-state index contributed by atoms with van der Waals surface area (Å²) in [5, 5.41) is 2.98. The van der Waals surface area contributed by atoms with Crippen molar-refractivity contribution in [3.05, 3.63) is 40.6 Å². The molecule has 0 aromatic carbocycles. The van der Waals surface area contributed by atoms with E-state index in [1.54, 1.807) is 19.4 Å². The van der Waals surface area contributed by atoms with E-state index in [9.17, 15) is 4.79 Å². The topological polar surface area (TPSA) is 106 Å². The molecule has 0 aliphatic heterocycles. The number of anilines is 2. The number of H-pyrrole nitrogens is 1. The van der Waals surface area contributed by atoms with Crippen LogP contribution in [0.15, 0.2) is 29.5 Å². The van der Waals surface area contributed by atoms with Gasteiger partial charge in [-0.05, 0) is 11.6 Å². The summed E-state index contributed by atoms with van der Waals surface area (Å²) >= 11 is 0. The first-order valence-corrected chi connectivity index (χ1v) is 5.26. The summed E-state index contributed by atoms with van der Waals surface area (Å²) in [4.78, 5) is 21.6. The number of pyridine rings is 1. The molecule has 2 aromatic rings. The molecule has 18 heavy (non-hydrogen) atoms. The van der Waals surface area contributed by atoms with Crippen molar-refractivity contribution < 1.29 is 4.74 Å². The Morgan fingerprint density at radius 1 is 1.50 bits per heavy atom. The van der Waals surface area contributed by atoms with Crippen molar-refractivity contribution in [3.8, 4) is 5.88 Å². The minimum atomic E-state index is -0.361. The summed E-state index contributed by atoms with van der Waals surface area (Å²) in [7, 11) is 1.55. The predicted molar refractivity (Wildman–Crippen MR) is 67.4 cm³/mol. The smallest absolute Gasteiger partial charge is 0.276 e. The third-order valence-electron chi connectivity index (χ3n) is 2.36. The Morgan fingerprint density at radius 2 is 2.33 bits per heavy atom. The Bertz CT molecular complexity index is 596. The second-order valence-corrected chi connectivity index (χ2v) is 3.55. The first-order valence-electron chi connectivity index (χ1n) is 5.26. The maximum absolute atomic E-state index is 11.3. The first-order chi connectivity index (χ1) is 8.70. The molecule has 2 rings (SSSR count). The van der Waals surface area contributed by atoms with Crippen LogP contribution in [0.3, 0.4) is 0 Å². The fourth-order valence-electron chi connectivity index (χ4n) is 1.41. The number of aromatic amines is 1. The number of hydrogen-bond donors (Lipinski definition) is 3. The van der Waals surface area contributed by atoms with Gasteiger partial charge in [-0.15, -0.1) is 0 Å². The third-order valence-corrected chi connectivity index (χ3v) is 2.36. The fourth-order valence-corrected chi connectivity index (χ4v) is 1.41. The van der Waals surface area contributed by atoms with Gasteiger partial charge in [-0.2, -0.15) is 0 Å². The van der Waals surface area contributed by atoms with E-state index in [0.717, 1.165) is 5.56 Å². The molecule has 0 aliphatic carbocycles. The summed E-state index contributed by atoms with van der Waals surface area (Å²) in [6, 6.07) is 3.62. The van der Waals surface area contributed by atoms with Crippen LogP contribution in [0.25, 0.3) is 0 Å². The standard InChI is InChI=1S/C11H13N5O2/c1-18-8-4-7(2-3-13-8)5-14-10-9(12)11(17)16-6-15-10/h2-4,6H,5,12H2,1H3,(H2,14,15,16,17). The van der Waals surface area contributed by atoms with Crippen molar-refractivity contribution in [1.82, 2.24) is 15.0 Å². The van der Waals surface area contributed by atoms with Gasteiger partial charge in [0.05, 0.1) is 13.4 Å². The Morgan fingerprint density at radius 3 is 3.11 bits per heavy atom. The highest BCUT2D eigenvalue weighted by Gasteiger charge is 2.04. The van der Waals surface area contributed by atoms with Gasteiger partial charge >= 0.3 is 0 Å². The van der Waals surface area contributed by atoms with E-state index in [-0.39, 0.29) is 11.2 Å². The number of nitrogen functional groups attached to an aromatic ring is 1. The van der Waals surface area contributed by atoms with E-state index in [4.69, 9.17) is 10.5 Å². The zero-order chi connectivity index (χ0) is 13.0. The SMILES string of the molecule is COc1cc(CNc2nc[nH]c(=O)c2N)ccn1. The highest BCUT2D eigenvalue weighted by atomic mass is 16.5. The van der Waals surface area contributed by atoms with Crippen LogP contribution in [-0.2, 0) is 6.54 Å². The van der Waals surface area contributed by atoms with Gasteiger partial charge in [-0.25, -0.2) is 9.97 Å². The van der Waals surface area contributed by atoms with Crippen LogP contribution in [0.5, 0.6) is 5.88 Å². The molecule has 0 fully saturated rings. The average Bonchev–Trinajstić information content (AvgIpc) is 2.41. The molecule has 0 atom stereocenters. The Hall–Kier alpha value is -2.57. The Balaban J connectivity index is 2.11. The van der Waals surface area contributed by atoms with Crippen LogP contribution in [0, 0.1) is 0 Å². The van der Waals surface area contributed by atoms with E-state index >= 15 is 0 Å². The normalized spacial score (nSPS) is 10.1. The number of aromatic nitrogens is 3. The second-order valence-electron chi connectivity index (χ2n) is 3.55. The summed E-state index contributed by atoms with van der Waals surface area (Å²) < 4.78 is 5.02. The zero-order valence-corrected chi connectivity index (χ0v) is 9.80. The minimum Gasteiger partial charge on any atom is -0.481 e. The van der Waals surface area contributed by atoms with Crippen molar-refractivity contribution in [1.29, 1.82) is 0 Å². The molecule has 2 aromatic heterocycles. The predicted octanol–water partition coefficient (Wildman–Crippen LogP) is 0.368. The lowest BCUT2D eigenvalue weighted by atomic mass is 10.2. The molecule has 0 saturated heterocycles. The van der Waals surface area contributed by atoms with Crippen LogP contribution in [-0.4, -0.2) is 22.1 Å². The first kappa shape index (κ1) is 11.9. The van der Waals surface area contributed by atoms with Crippen molar-refractivity contribution in [3.63, 3.8) is 0 Å². The van der Waals surface area contributed by atoms with Crippen molar-refractivity contribution in [2.75, 3.05) is 18.2 Å². The summed E-state index contributed by atoms with van der Waals surface area (Å²) in [5.74, 6) is 0.885. The molecular formula is C11H13N5O2. The molecule has 0 aliphatic rings. The van der Waals surface area contributed by atoms with Crippen LogP contribution in [0.4, 0.5) is 11.5 Å². The lowest BCUT2D eigenvalue weighted by Gasteiger charge is -2.07. The highest BCUT2D eigenvalue weighted by molar-refractivity contribution is 5.58. The third kappa shape index (κ3) is 2.57. The van der Waals surface area contributed by atoms with Gasteiger partial charge in [-0.3, -0.25) is 4.79 Å². The molecule has 2 heterocycles. The Labute approximate surface area is 103 Å². The van der Waals surface area contributed by atoms with Gasteiger partial charge < -0.3 is 20.8 Å². The number of nitrogens with one attached hydrogen (secondary N) is 2. The van der Waals surface area contributed by atoms with Gasteiger partial charge in [0, 0.05) is 18.8 Å². The van der Waals surface area contributed by atoms with Crippen LogP contribution in [0.2, 0.25) is 0 Å². The van der Waals surface area contributed by atoms with Gasteiger partial charge in [-0.1, -0.05) is 0 Å². The van der Waals surface area contributed by atoms with Gasteiger partial charge in [0.2, 0.25) is 5.88 Å². The summed E-state index contributed by atoms with van der Waals surface area (Å²) in [6.45, 7) is 0.472. The fraction of sp³-hybridized carbons (Fsp3) is 0.182. The van der Waals surface area contributed by atoms with Crippen molar-refractivity contribution >= 4 is 11.5 Å². The number of methoxy groups -OCH3 is 1. The number of rotatable bonds is 4. The zero-order valence-electron chi connectivity index (χ0n) is 9.80. The molecule has 0 amide bonds. The lowest BCUT2D eigenvalue weighted by Crippen LogP contribution is -2.16. The van der Waals surface area contributed by atoms with Crippen molar-refractivity contribution in [2.24, 2.45) is 0 Å². The monoisotopic (exact) mass is 247 g/mol. The van der Waals surface area contributed by atoms with Gasteiger partial charge in [0.1, 0.15) is 5.69 Å². The molecule has 94 valence electrons. The minimum absolute atomic E-state index is 0.0681. The molecule has 4 N–H and O–H groups in total. The molecule has 0 bridgehead atoms. The second kappa shape index (κ2) is 5.17. The van der Waals surface area contributed by atoms with E-state index in [2.05, 4.69) is 20.3 Å². The number of nitrogens with zero attached hydrogens (tertiary/aromatic N) is 2. The maximum Gasteiger partial charge on any atom is 0.276 e. The van der Waals surface area contributed by atoms with E-state index in [0.29, 0.717) is 18.2 Å². The molecule has 0 spiro atoms. The molecule has 7 heteroatoms. The van der Waals surface area contributed by atoms with E-state index < -0.39 is 0 Å². The van der Waals surface area contributed by atoms with Crippen molar-refractivity contribution in [2.45, 2.75) is 6.54 Å². The van der Waals surface area contributed by atoms with Crippen LogP contribution in [0.1, 0.15) is 5.56 Å². The molecular weight excluding hydrogens is 234 g/mol. The van der Waals surface area contributed by atoms with Crippen LogP contribution >= 0.6 is 0 Å². The number of ether oxygens (including phenoxy) is 1. The largest absolute Gasteiger partial charge is 0.481 e. The number of hydrogen-bond acceptors (Lipinski definition) is 6. The van der Waals surface area contributed by atoms with E-state index in [1.807, 2.05) is 6.07 Å². The van der Waals surface area contributed by atoms with E-state index in [1.165, 1.54) is 6.33 Å². The lowest BCUT2D eigenvalue weighted by molar-refractivity contribution is 0.397. The molecule has 0 unspecified atom stereocenters. The van der Waals surface area contributed by atoms with Gasteiger partial charge in [0.25, 0.3) is 5.56 Å². The average molecular weight is 247 g/mol. The maximum atomic E-state index is 11.3.